The van der Waals surface area contributed by atoms with E-state index in [0.717, 1.165) is 11.1 Å². The lowest BCUT2D eigenvalue weighted by Gasteiger charge is -2.11. The van der Waals surface area contributed by atoms with Gasteiger partial charge in [0.2, 0.25) is 5.76 Å². The maximum atomic E-state index is 12.1. The van der Waals surface area contributed by atoms with Crippen LogP contribution >= 0.6 is 11.6 Å². The number of ether oxygens (including phenoxy) is 2. The fraction of sp³-hybridized carbons (Fsp3) is 0.130. The molecule has 6 nitrogen and oxygen atoms in total. The smallest absolute Gasteiger partial charge is 0.374 e. The topological polar surface area (TPSA) is 78.9 Å². The lowest BCUT2D eigenvalue weighted by molar-refractivity contribution is 0.0564. The number of halogens is 1. The molecule has 0 aliphatic carbocycles. The van der Waals surface area contributed by atoms with Crippen molar-refractivity contribution in [1.29, 1.82) is 0 Å². The molecule has 152 valence electrons. The predicted octanol–water partition coefficient (Wildman–Crippen LogP) is 5.38. The highest BCUT2D eigenvalue weighted by molar-refractivity contribution is 6.33. The van der Waals surface area contributed by atoms with Crippen molar-refractivity contribution in [2.75, 3.05) is 7.11 Å². The van der Waals surface area contributed by atoms with Crippen molar-refractivity contribution in [3.63, 3.8) is 0 Å². The first-order valence-electron chi connectivity index (χ1n) is 9.09. The average Bonchev–Trinajstić information content (AvgIpc) is 3.12. The first-order valence-corrected chi connectivity index (χ1v) is 9.46. The molecule has 0 N–H and O–H groups in total. The Labute approximate surface area is 176 Å². The quantitative estimate of drug-likeness (QED) is 0.316. The zero-order chi connectivity index (χ0) is 21.3. The summed E-state index contributed by atoms with van der Waals surface area (Å²) in [6, 6.07) is 14.2. The van der Waals surface area contributed by atoms with Crippen LogP contribution in [0.3, 0.4) is 0 Å². The number of carbonyl (C=O) groups excluding carboxylic acids is 1. The summed E-state index contributed by atoms with van der Waals surface area (Å²) in [6.07, 6.45) is 1.43. The predicted molar refractivity (Wildman–Crippen MR) is 112 cm³/mol. The fourth-order valence-corrected chi connectivity index (χ4v) is 3.39. The lowest BCUT2D eigenvalue weighted by atomic mass is 10.0. The van der Waals surface area contributed by atoms with E-state index in [-0.39, 0.29) is 12.4 Å². The van der Waals surface area contributed by atoms with Crippen molar-refractivity contribution < 1.29 is 23.1 Å². The van der Waals surface area contributed by atoms with Crippen LogP contribution in [0.25, 0.3) is 22.1 Å². The van der Waals surface area contributed by atoms with Crippen molar-refractivity contribution in [1.82, 2.24) is 0 Å². The Kier molecular flexibility index (Phi) is 5.33. The highest BCUT2D eigenvalue weighted by Crippen LogP contribution is 2.35. The molecule has 30 heavy (non-hydrogen) atoms. The van der Waals surface area contributed by atoms with E-state index in [1.807, 2.05) is 30.3 Å². The van der Waals surface area contributed by atoms with E-state index in [2.05, 4.69) is 4.74 Å². The van der Waals surface area contributed by atoms with E-state index in [1.165, 1.54) is 19.4 Å². The van der Waals surface area contributed by atoms with Gasteiger partial charge >= 0.3 is 11.6 Å². The zero-order valence-electron chi connectivity index (χ0n) is 16.2. The van der Waals surface area contributed by atoms with Crippen LogP contribution in [0, 0.1) is 6.92 Å². The van der Waals surface area contributed by atoms with Gasteiger partial charge in [0, 0.05) is 28.6 Å². The Bertz CT molecular complexity index is 1290. The molecule has 7 heteroatoms. The van der Waals surface area contributed by atoms with E-state index < -0.39 is 11.6 Å². The molecule has 2 aromatic carbocycles. The van der Waals surface area contributed by atoms with Crippen molar-refractivity contribution in [2.24, 2.45) is 0 Å². The van der Waals surface area contributed by atoms with Gasteiger partial charge in [-0.1, -0.05) is 41.9 Å². The number of fused-ring (bicyclic) bond motifs is 1. The Hall–Kier alpha value is -3.51. The Morgan fingerprint density at radius 3 is 2.63 bits per heavy atom. The van der Waals surface area contributed by atoms with Gasteiger partial charge in [0.05, 0.1) is 18.4 Å². The summed E-state index contributed by atoms with van der Waals surface area (Å²) in [4.78, 5) is 23.8. The van der Waals surface area contributed by atoms with E-state index in [1.54, 1.807) is 19.1 Å². The van der Waals surface area contributed by atoms with Crippen molar-refractivity contribution >= 4 is 28.5 Å². The number of esters is 1. The van der Waals surface area contributed by atoms with Gasteiger partial charge in [0.15, 0.2) is 0 Å². The van der Waals surface area contributed by atoms with E-state index in [9.17, 15) is 9.59 Å². The molecule has 0 bridgehead atoms. The van der Waals surface area contributed by atoms with Gasteiger partial charge in [-0.25, -0.2) is 9.59 Å². The molecule has 0 amide bonds. The third-order valence-corrected chi connectivity index (χ3v) is 5.07. The van der Waals surface area contributed by atoms with E-state index in [0.29, 0.717) is 32.9 Å². The van der Waals surface area contributed by atoms with Gasteiger partial charge in [-0.2, -0.15) is 0 Å². The first-order chi connectivity index (χ1) is 14.5. The maximum absolute atomic E-state index is 12.1. The normalized spacial score (nSPS) is 10.9. The second kappa shape index (κ2) is 8.08. The second-order valence-electron chi connectivity index (χ2n) is 6.62. The number of benzene rings is 2. The molecular formula is C23H17ClO6. The monoisotopic (exact) mass is 424 g/mol. The van der Waals surface area contributed by atoms with E-state index in [4.69, 9.17) is 25.2 Å². The molecule has 0 saturated carbocycles. The molecular weight excluding hydrogens is 408 g/mol. The summed E-state index contributed by atoms with van der Waals surface area (Å²) < 4.78 is 21.1. The number of rotatable bonds is 5. The van der Waals surface area contributed by atoms with Crippen LogP contribution in [0.1, 0.15) is 21.7 Å². The molecule has 0 aliphatic heterocycles. The fourth-order valence-electron chi connectivity index (χ4n) is 3.17. The zero-order valence-corrected chi connectivity index (χ0v) is 17.0. The summed E-state index contributed by atoms with van der Waals surface area (Å²) in [5.41, 5.74) is 2.79. The van der Waals surface area contributed by atoms with Gasteiger partial charge in [0.25, 0.3) is 0 Å². The Balaban J connectivity index is 1.68. The highest BCUT2D eigenvalue weighted by Gasteiger charge is 2.18. The SMILES string of the molecule is COC(=O)c1occ(COc2cc3oc(=O)cc(-c4ccccc4)c3cc2Cl)c1C. The molecule has 0 radical (unpaired) electrons. The third kappa shape index (κ3) is 3.69. The van der Waals surface area contributed by atoms with Gasteiger partial charge in [0.1, 0.15) is 17.9 Å². The summed E-state index contributed by atoms with van der Waals surface area (Å²) in [5.74, 6) is -0.0883. The minimum absolute atomic E-state index is 0.111. The van der Waals surface area contributed by atoms with Crippen LogP contribution in [0.5, 0.6) is 5.75 Å². The molecule has 0 saturated heterocycles. The number of hydrogen-bond donors (Lipinski definition) is 0. The largest absolute Gasteiger partial charge is 0.487 e. The van der Waals surface area contributed by atoms with Crippen molar-refractivity contribution in [3.8, 4) is 16.9 Å². The minimum atomic E-state index is -0.558. The van der Waals surface area contributed by atoms with Gasteiger partial charge in [-0.3, -0.25) is 0 Å². The maximum Gasteiger partial charge on any atom is 0.374 e. The first kappa shape index (κ1) is 19.8. The molecule has 4 aromatic rings. The van der Waals surface area contributed by atoms with Crippen LogP contribution in [0.2, 0.25) is 5.02 Å². The van der Waals surface area contributed by atoms with Crippen LogP contribution in [0.4, 0.5) is 0 Å². The summed E-state index contributed by atoms with van der Waals surface area (Å²) in [7, 11) is 1.28. The van der Waals surface area contributed by atoms with Crippen LogP contribution < -0.4 is 10.4 Å². The Morgan fingerprint density at radius 1 is 1.13 bits per heavy atom. The standard InChI is InChI=1S/C23H17ClO6/c1-13-15(12-29-22(13)23(26)27-2)11-28-20-10-19-17(8-18(20)24)16(9-21(25)30-19)14-6-4-3-5-7-14/h3-10,12H,11H2,1-2H3. The lowest BCUT2D eigenvalue weighted by Crippen LogP contribution is -2.03. The molecule has 2 aromatic heterocycles. The van der Waals surface area contributed by atoms with Gasteiger partial charge in [-0.15, -0.1) is 0 Å². The molecule has 0 fully saturated rings. The number of carbonyl (C=O) groups is 1. The summed E-state index contributed by atoms with van der Waals surface area (Å²) in [5, 5.41) is 1.06. The summed E-state index contributed by atoms with van der Waals surface area (Å²) >= 11 is 6.44. The Morgan fingerprint density at radius 2 is 1.90 bits per heavy atom. The van der Waals surface area contributed by atoms with Crippen molar-refractivity contribution in [3.05, 3.63) is 87.1 Å². The van der Waals surface area contributed by atoms with Gasteiger partial charge in [-0.05, 0) is 24.1 Å². The number of hydrogen-bond acceptors (Lipinski definition) is 6. The molecule has 4 rings (SSSR count). The van der Waals surface area contributed by atoms with Crippen LogP contribution in [-0.4, -0.2) is 13.1 Å². The molecule has 0 spiro atoms. The molecule has 0 atom stereocenters. The molecule has 0 unspecified atom stereocenters. The van der Waals surface area contributed by atoms with Crippen LogP contribution in [0.15, 0.2) is 68.4 Å². The third-order valence-electron chi connectivity index (χ3n) is 4.78. The average molecular weight is 425 g/mol. The second-order valence-corrected chi connectivity index (χ2v) is 7.03. The van der Waals surface area contributed by atoms with Crippen molar-refractivity contribution in [2.45, 2.75) is 13.5 Å². The molecule has 0 aliphatic rings. The van der Waals surface area contributed by atoms with Crippen LogP contribution in [-0.2, 0) is 11.3 Å². The van der Waals surface area contributed by atoms with E-state index >= 15 is 0 Å². The van der Waals surface area contributed by atoms with Gasteiger partial charge < -0.3 is 18.3 Å². The summed E-state index contributed by atoms with van der Waals surface area (Å²) in [6.45, 7) is 1.85. The minimum Gasteiger partial charge on any atom is -0.487 e. The molecule has 2 heterocycles. The number of methoxy groups -OCH3 is 1. The highest BCUT2D eigenvalue weighted by atomic mass is 35.5. The number of furan rings is 1.